The van der Waals surface area contributed by atoms with E-state index < -0.39 is 11.9 Å². The van der Waals surface area contributed by atoms with Crippen molar-refractivity contribution >= 4 is 11.9 Å². The van der Waals surface area contributed by atoms with Crippen molar-refractivity contribution in [3.63, 3.8) is 0 Å². The summed E-state index contributed by atoms with van der Waals surface area (Å²) in [5, 5.41) is 0. The number of carbonyl (C=O) groups is 2. The van der Waals surface area contributed by atoms with E-state index in [4.69, 9.17) is 14.2 Å². The Labute approximate surface area is 179 Å². The number of benzene rings is 3. The maximum atomic E-state index is 12.7. The topological polar surface area (TPSA) is 61.8 Å². The number of methoxy groups -OCH3 is 2. The molecule has 0 saturated carbocycles. The summed E-state index contributed by atoms with van der Waals surface area (Å²) in [6, 6.07) is 12.2. The maximum absolute atomic E-state index is 12.7. The van der Waals surface area contributed by atoms with Crippen LogP contribution >= 0.6 is 0 Å². The van der Waals surface area contributed by atoms with Gasteiger partial charge in [0, 0.05) is 0 Å². The molecule has 3 aromatic rings. The SMILES string of the molecule is COc1ccc2c(c1)-c1c(c3c(c4c1-c1cc(OC)ccc1CC4)C(=O)OC3=O)CC2. The van der Waals surface area contributed by atoms with Crippen molar-refractivity contribution in [2.24, 2.45) is 0 Å². The molecule has 6 rings (SSSR count). The van der Waals surface area contributed by atoms with Gasteiger partial charge in [0.1, 0.15) is 11.5 Å². The van der Waals surface area contributed by atoms with Gasteiger partial charge in [-0.25, -0.2) is 9.59 Å². The van der Waals surface area contributed by atoms with Crippen LogP contribution in [0.25, 0.3) is 22.3 Å². The molecule has 0 N–H and O–H groups in total. The van der Waals surface area contributed by atoms with Gasteiger partial charge in [0.25, 0.3) is 0 Å². The first kappa shape index (κ1) is 18.2. The lowest BCUT2D eigenvalue weighted by Gasteiger charge is -2.30. The zero-order valence-corrected chi connectivity index (χ0v) is 17.3. The van der Waals surface area contributed by atoms with Crippen molar-refractivity contribution in [3.05, 3.63) is 69.8 Å². The van der Waals surface area contributed by atoms with Crippen molar-refractivity contribution in [2.75, 3.05) is 14.2 Å². The zero-order chi connectivity index (χ0) is 21.3. The predicted octanol–water partition coefficient (Wildman–Crippen LogP) is 4.55. The Morgan fingerprint density at radius 1 is 0.645 bits per heavy atom. The lowest BCUT2D eigenvalue weighted by atomic mass is 9.72. The van der Waals surface area contributed by atoms with Crippen LogP contribution < -0.4 is 9.47 Å². The molecule has 0 atom stereocenters. The van der Waals surface area contributed by atoms with Gasteiger partial charge in [-0.2, -0.15) is 0 Å². The zero-order valence-electron chi connectivity index (χ0n) is 17.3. The van der Waals surface area contributed by atoms with Crippen LogP contribution in [0.5, 0.6) is 11.5 Å². The molecule has 0 bridgehead atoms. The second-order valence-electron chi connectivity index (χ2n) is 8.18. The molecule has 3 aromatic carbocycles. The van der Waals surface area contributed by atoms with Crippen LogP contribution in [0.15, 0.2) is 36.4 Å². The normalized spacial score (nSPS) is 15.3. The average molecular weight is 412 g/mol. The number of cyclic esters (lactones) is 2. The number of hydrogen-bond donors (Lipinski definition) is 0. The number of fused-ring (bicyclic) bond motifs is 10. The predicted molar refractivity (Wildman–Crippen MR) is 115 cm³/mol. The summed E-state index contributed by atoms with van der Waals surface area (Å²) in [7, 11) is 3.31. The standard InChI is InChI=1S/C26H20O5/c1-29-15-7-3-13-5-9-17-21(19(13)11-15)22-18(24-23(17)25(27)31-26(24)28)10-6-14-4-8-16(30-2)12-20(14)22/h3-4,7-8,11-12H,5-6,9-10H2,1-2H3. The monoisotopic (exact) mass is 412 g/mol. The van der Waals surface area contributed by atoms with Crippen molar-refractivity contribution in [1.82, 2.24) is 0 Å². The molecule has 3 aliphatic rings. The molecular weight excluding hydrogens is 392 g/mol. The lowest BCUT2D eigenvalue weighted by molar-refractivity contribution is 0.0443. The average Bonchev–Trinajstić information content (AvgIpc) is 3.11. The molecule has 0 aromatic heterocycles. The summed E-state index contributed by atoms with van der Waals surface area (Å²) in [5.41, 5.74) is 9.31. The fourth-order valence-electron chi connectivity index (χ4n) is 5.37. The number of aryl methyl sites for hydroxylation is 2. The molecule has 154 valence electrons. The van der Waals surface area contributed by atoms with Crippen LogP contribution in [0.2, 0.25) is 0 Å². The van der Waals surface area contributed by atoms with Gasteiger partial charge in [-0.1, -0.05) is 12.1 Å². The molecular formula is C26H20O5. The minimum atomic E-state index is -0.526. The van der Waals surface area contributed by atoms with Gasteiger partial charge in [-0.3, -0.25) is 0 Å². The molecule has 0 fully saturated rings. The van der Waals surface area contributed by atoms with E-state index in [9.17, 15) is 9.59 Å². The summed E-state index contributed by atoms with van der Waals surface area (Å²) in [6.45, 7) is 0. The van der Waals surface area contributed by atoms with Crippen LogP contribution in [0.4, 0.5) is 0 Å². The van der Waals surface area contributed by atoms with Gasteiger partial charge in [-0.05, 0) is 94.5 Å². The third kappa shape index (κ3) is 2.43. The van der Waals surface area contributed by atoms with Gasteiger partial charge in [-0.15, -0.1) is 0 Å². The number of ether oxygens (including phenoxy) is 3. The van der Waals surface area contributed by atoms with Crippen LogP contribution in [0.1, 0.15) is 43.0 Å². The molecule has 1 heterocycles. The third-order valence-corrected chi connectivity index (χ3v) is 6.76. The first-order valence-electron chi connectivity index (χ1n) is 10.4. The van der Waals surface area contributed by atoms with Crippen molar-refractivity contribution in [2.45, 2.75) is 25.7 Å². The molecule has 1 aliphatic heterocycles. The quantitative estimate of drug-likeness (QED) is 0.457. The Kier molecular flexibility index (Phi) is 3.78. The minimum absolute atomic E-state index is 0.457. The second kappa shape index (κ2) is 6.45. The molecule has 31 heavy (non-hydrogen) atoms. The highest BCUT2D eigenvalue weighted by Crippen LogP contribution is 2.51. The van der Waals surface area contributed by atoms with Crippen molar-refractivity contribution < 1.29 is 23.8 Å². The highest BCUT2D eigenvalue weighted by molar-refractivity contribution is 6.19. The smallest absolute Gasteiger partial charge is 0.347 e. The fraction of sp³-hybridized carbons (Fsp3) is 0.231. The Bertz CT molecular complexity index is 1220. The molecule has 0 unspecified atom stereocenters. The van der Waals surface area contributed by atoms with Gasteiger partial charge in [0.15, 0.2) is 0 Å². The molecule has 0 radical (unpaired) electrons. The number of rotatable bonds is 2. The van der Waals surface area contributed by atoms with Crippen LogP contribution in [0.3, 0.4) is 0 Å². The summed E-state index contributed by atoms with van der Waals surface area (Å²) < 4.78 is 16.1. The molecule has 0 saturated heterocycles. The number of carbonyl (C=O) groups excluding carboxylic acids is 2. The fourth-order valence-corrected chi connectivity index (χ4v) is 5.37. The van der Waals surface area contributed by atoms with E-state index in [-0.39, 0.29) is 0 Å². The Balaban J connectivity index is 1.78. The van der Waals surface area contributed by atoms with Crippen molar-refractivity contribution in [1.29, 1.82) is 0 Å². The van der Waals surface area contributed by atoms with Crippen LogP contribution in [-0.4, -0.2) is 26.2 Å². The van der Waals surface area contributed by atoms with E-state index in [1.807, 2.05) is 24.3 Å². The summed E-state index contributed by atoms with van der Waals surface area (Å²) >= 11 is 0. The van der Waals surface area contributed by atoms with Crippen LogP contribution in [-0.2, 0) is 30.4 Å². The third-order valence-electron chi connectivity index (χ3n) is 6.76. The molecule has 0 amide bonds. The van der Waals surface area contributed by atoms with E-state index in [2.05, 4.69) is 12.1 Å². The second-order valence-corrected chi connectivity index (χ2v) is 8.18. The lowest BCUT2D eigenvalue weighted by Crippen LogP contribution is -2.17. The first-order valence-corrected chi connectivity index (χ1v) is 10.4. The molecule has 5 nitrogen and oxygen atoms in total. The summed E-state index contributed by atoms with van der Waals surface area (Å²) in [4.78, 5) is 25.5. The maximum Gasteiger partial charge on any atom is 0.347 e. The van der Waals surface area contributed by atoms with E-state index >= 15 is 0 Å². The molecule has 0 spiro atoms. The van der Waals surface area contributed by atoms with E-state index in [1.54, 1.807) is 14.2 Å². The summed E-state index contributed by atoms with van der Waals surface area (Å²) in [5.74, 6) is 0.478. The van der Waals surface area contributed by atoms with Crippen LogP contribution in [0, 0.1) is 0 Å². The van der Waals surface area contributed by atoms with E-state index in [0.29, 0.717) is 24.0 Å². The molecule has 2 aliphatic carbocycles. The number of esters is 2. The van der Waals surface area contributed by atoms with Gasteiger partial charge >= 0.3 is 11.9 Å². The summed E-state index contributed by atoms with van der Waals surface area (Å²) in [6.07, 6.45) is 2.96. The van der Waals surface area contributed by atoms with Gasteiger partial charge in [0.2, 0.25) is 0 Å². The Morgan fingerprint density at radius 3 is 1.52 bits per heavy atom. The number of hydrogen-bond acceptors (Lipinski definition) is 5. The Hall–Kier alpha value is -3.60. The first-order chi connectivity index (χ1) is 15.1. The van der Waals surface area contributed by atoms with Gasteiger partial charge in [0.05, 0.1) is 25.3 Å². The van der Waals surface area contributed by atoms with E-state index in [0.717, 1.165) is 57.7 Å². The Morgan fingerprint density at radius 2 is 1.10 bits per heavy atom. The highest BCUT2D eigenvalue weighted by atomic mass is 16.6. The highest BCUT2D eigenvalue weighted by Gasteiger charge is 2.41. The minimum Gasteiger partial charge on any atom is -0.497 e. The van der Waals surface area contributed by atoms with Gasteiger partial charge < -0.3 is 14.2 Å². The van der Waals surface area contributed by atoms with E-state index in [1.165, 1.54) is 11.1 Å². The molecule has 5 heteroatoms. The largest absolute Gasteiger partial charge is 0.497 e. The van der Waals surface area contributed by atoms with Crippen molar-refractivity contribution in [3.8, 4) is 33.8 Å².